The van der Waals surface area contributed by atoms with Crippen molar-refractivity contribution < 1.29 is 14.0 Å². The van der Waals surface area contributed by atoms with E-state index in [4.69, 9.17) is 0 Å². The largest absolute Gasteiger partial charge is 0.326 e. The molecule has 6 heteroatoms. The standard InChI is InChI=1S/C17H16FN3O2/c1-12(22)20-14-6-4-7-15(11-14)21-17(23)19-10-9-13-5-2-3-8-16(13)18/h2-11H,1H3,(H,20,22)(H2,19,21,23)/b10-9+. The lowest BCUT2D eigenvalue weighted by Gasteiger charge is -2.07. The molecule has 0 unspecified atom stereocenters. The molecule has 2 aromatic carbocycles. The molecule has 0 saturated carbocycles. The van der Waals surface area contributed by atoms with Gasteiger partial charge in [0.15, 0.2) is 0 Å². The van der Waals surface area contributed by atoms with Crippen LogP contribution in [0.1, 0.15) is 12.5 Å². The second-order valence-electron chi connectivity index (χ2n) is 4.72. The number of hydrogen-bond acceptors (Lipinski definition) is 2. The van der Waals surface area contributed by atoms with Crippen LogP contribution in [0, 0.1) is 5.82 Å². The van der Waals surface area contributed by atoms with Gasteiger partial charge in [0.2, 0.25) is 5.91 Å². The van der Waals surface area contributed by atoms with Crippen molar-refractivity contribution >= 4 is 29.4 Å². The molecule has 2 aromatic rings. The lowest BCUT2D eigenvalue weighted by molar-refractivity contribution is -0.114. The molecule has 5 nitrogen and oxygen atoms in total. The minimum Gasteiger partial charge on any atom is -0.326 e. The van der Waals surface area contributed by atoms with E-state index in [2.05, 4.69) is 16.0 Å². The van der Waals surface area contributed by atoms with E-state index in [1.807, 2.05) is 0 Å². The van der Waals surface area contributed by atoms with E-state index in [1.54, 1.807) is 42.5 Å². The fourth-order valence-electron chi connectivity index (χ4n) is 1.86. The molecule has 23 heavy (non-hydrogen) atoms. The van der Waals surface area contributed by atoms with Crippen molar-refractivity contribution in [3.63, 3.8) is 0 Å². The molecule has 0 aliphatic rings. The first kappa shape index (κ1) is 16.2. The summed E-state index contributed by atoms with van der Waals surface area (Å²) in [4.78, 5) is 22.8. The number of benzene rings is 2. The summed E-state index contributed by atoms with van der Waals surface area (Å²) in [5.74, 6) is -0.562. The molecule has 3 N–H and O–H groups in total. The Hall–Kier alpha value is -3.15. The summed E-state index contributed by atoms with van der Waals surface area (Å²) in [7, 11) is 0. The van der Waals surface area contributed by atoms with Gasteiger partial charge >= 0.3 is 6.03 Å². The number of rotatable bonds is 4. The molecule has 118 valence electrons. The predicted octanol–water partition coefficient (Wildman–Crippen LogP) is 3.58. The smallest absolute Gasteiger partial charge is 0.323 e. The van der Waals surface area contributed by atoms with Crippen LogP contribution in [0.2, 0.25) is 0 Å². The normalized spacial score (nSPS) is 10.3. The van der Waals surface area contributed by atoms with Gasteiger partial charge in [-0.3, -0.25) is 4.79 Å². The minimum atomic E-state index is -0.474. The number of carbonyl (C=O) groups is 2. The maximum Gasteiger partial charge on any atom is 0.323 e. The van der Waals surface area contributed by atoms with E-state index in [1.165, 1.54) is 25.3 Å². The third-order valence-electron chi connectivity index (χ3n) is 2.82. The van der Waals surface area contributed by atoms with Crippen molar-refractivity contribution in [2.75, 3.05) is 10.6 Å². The van der Waals surface area contributed by atoms with E-state index in [0.717, 1.165) is 0 Å². The number of amides is 3. The van der Waals surface area contributed by atoms with Crippen molar-refractivity contribution in [2.24, 2.45) is 0 Å². The number of nitrogens with one attached hydrogen (secondary N) is 3. The van der Waals surface area contributed by atoms with Crippen LogP contribution in [0.15, 0.2) is 54.7 Å². The van der Waals surface area contributed by atoms with Crippen LogP contribution < -0.4 is 16.0 Å². The maximum absolute atomic E-state index is 13.4. The molecule has 0 aliphatic carbocycles. The quantitative estimate of drug-likeness (QED) is 0.807. The van der Waals surface area contributed by atoms with E-state index in [-0.39, 0.29) is 11.7 Å². The van der Waals surface area contributed by atoms with E-state index in [0.29, 0.717) is 16.9 Å². The lowest BCUT2D eigenvalue weighted by Crippen LogP contribution is -2.23. The van der Waals surface area contributed by atoms with E-state index >= 15 is 0 Å². The molecule has 0 atom stereocenters. The molecule has 0 heterocycles. The first-order valence-corrected chi connectivity index (χ1v) is 6.91. The van der Waals surface area contributed by atoms with Gasteiger partial charge < -0.3 is 16.0 Å². The van der Waals surface area contributed by atoms with Gasteiger partial charge in [0, 0.05) is 30.1 Å². The molecule has 2 rings (SSSR count). The summed E-state index contributed by atoms with van der Waals surface area (Å²) in [5, 5.41) is 7.72. The fourth-order valence-corrected chi connectivity index (χ4v) is 1.86. The Morgan fingerprint density at radius 3 is 2.39 bits per heavy atom. The maximum atomic E-state index is 13.4. The van der Waals surface area contributed by atoms with Gasteiger partial charge in [-0.05, 0) is 30.3 Å². The molecule has 3 amide bonds. The average Bonchev–Trinajstić information content (AvgIpc) is 2.49. The second-order valence-corrected chi connectivity index (χ2v) is 4.72. The summed E-state index contributed by atoms with van der Waals surface area (Å²) in [6.45, 7) is 1.40. The molecular formula is C17H16FN3O2. The molecule has 0 bridgehead atoms. The molecule has 0 aliphatic heterocycles. The van der Waals surface area contributed by atoms with Crippen molar-refractivity contribution in [3.05, 3.63) is 66.1 Å². The van der Waals surface area contributed by atoms with Gasteiger partial charge in [-0.2, -0.15) is 0 Å². The molecule has 0 fully saturated rings. The highest BCUT2D eigenvalue weighted by Gasteiger charge is 2.02. The average molecular weight is 313 g/mol. The number of hydrogen-bond donors (Lipinski definition) is 3. The SMILES string of the molecule is CC(=O)Nc1cccc(NC(=O)N/C=C/c2ccccc2F)c1. The topological polar surface area (TPSA) is 70.2 Å². The summed E-state index contributed by atoms with van der Waals surface area (Å²) in [5.41, 5.74) is 1.48. The van der Waals surface area contributed by atoms with Gasteiger partial charge in [0.05, 0.1) is 0 Å². The first-order valence-electron chi connectivity index (χ1n) is 6.91. The summed E-state index contributed by atoms with van der Waals surface area (Å²) < 4.78 is 13.4. The predicted molar refractivity (Wildman–Crippen MR) is 88.3 cm³/mol. The third kappa shape index (κ3) is 5.28. The molecule has 0 saturated heterocycles. The van der Waals surface area contributed by atoms with Crippen LogP contribution in [-0.4, -0.2) is 11.9 Å². The van der Waals surface area contributed by atoms with Crippen molar-refractivity contribution in [1.29, 1.82) is 0 Å². The van der Waals surface area contributed by atoms with Gasteiger partial charge in [0.25, 0.3) is 0 Å². The first-order chi connectivity index (χ1) is 11.0. The van der Waals surface area contributed by atoms with Crippen molar-refractivity contribution in [2.45, 2.75) is 6.92 Å². The van der Waals surface area contributed by atoms with Gasteiger partial charge in [-0.25, -0.2) is 9.18 Å². The van der Waals surface area contributed by atoms with E-state index in [9.17, 15) is 14.0 Å². The van der Waals surface area contributed by atoms with Crippen molar-refractivity contribution in [3.8, 4) is 0 Å². The fraction of sp³-hybridized carbons (Fsp3) is 0.0588. The summed E-state index contributed by atoms with van der Waals surface area (Å²) in [6.07, 6.45) is 2.81. The Kier molecular flexibility index (Phi) is 5.46. The van der Waals surface area contributed by atoms with E-state index < -0.39 is 6.03 Å². The Balaban J connectivity index is 1.92. The third-order valence-corrected chi connectivity index (χ3v) is 2.82. The van der Waals surface area contributed by atoms with Crippen LogP contribution in [-0.2, 0) is 4.79 Å². The monoisotopic (exact) mass is 313 g/mol. The van der Waals surface area contributed by atoms with Crippen LogP contribution in [0.4, 0.5) is 20.6 Å². The number of carbonyl (C=O) groups excluding carboxylic acids is 2. The Morgan fingerprint density at radius 1 is 1.00 bits per heavy atom. The highest BCUT2D eigenvalue weighted by molar-refractivity contribution is 5.93. The number of halogens is 1. The summed E-state index contributed by atoms with van der Waals surface area (Å²) in [6, 6.07) is 12.5. The van der Waals surface area contributed by atoms with Gasteiger partial charge in [-0.1, -0.05) is 24.3 Å². The molecular weight excluding hydrogens is 297 g/mol. The minimum absolute atomic E-state index is 0.195. The van der Waals surface area contributed by atoms with Crippen LogP contribution in [0.5, 0.6) is 0 Å². The Labute approximate surface area is 133 Å². The van der Waals surface area contributed by atoms with Crippen molar-refractivity contribution in [1.82, 2.24) is 5.32 Å². The van der Waals surface area contributed by atoms with Crippen LogP contribution >= 0.6 is 0 Å². The second kappa shape index (κ2) is 7.74. The number of urea groups is 1. The van der Waals surface area contributed by atoms with Gasteiger partial charge in [-0.15, -0.1) is 0 Å². The Morgan fingerprint density at radius 2 is 1.70 bits per heavy atom. The zero-order valence-corrected chi connectivity index (χ0v) is 12.5. The highest BCUT2D eigenvalue weighted by Crippen LogP contribution is 2.14. The zero-order valence-electron chi connectivity index (χ0n) is 12.5. The number of anilines is 2. The van der Waals surface area contributed by atoms with Crippen LogP contribution in [0.3, 0.4) is 0 Å². The Bertz CT molecular complexity index is 744. The highest BCUT2D eigenvalue weighted by atomic mass is 19.1. The molecule has 0 radical (unpaired) electrons. The summed E-state index contributed by atoms with van der Waals surface area (Å²) >= 11 is 0. The zero-order chi connectivity index (χ0) is 16.7. The van der Waals surface area contributed by atoms with Crippen LogP contribution in [0.25, 0.3) is 6.08 Å². The molecule has 0 aromatic heterocycles. The molecule has 0 spiro atoms. The lowest BCUT2D eigenvalue weighted by atomic mass is 10.2. The van der Waals surface area contributed by atoms with Gasteiger partial charge in [0.1, 0.15) is 5.82 Å².